The van der Waals surface area contributed by atoms with Gasteiger partial charge in [0.15, 0.2) is 0 Å². The van der Waals surface area contributed by atoms with E-state index in [1.165, 1.54) is 6.42 Å². The molecule has 3 nitrogen and oxygen atoms in total. The van der Waals surface area contributed by atoms with Gasteiger partial charge in [0.25, 0.3) is 0 Å². The lowest BCUT2D eigenvalue weighted by Gasteiger charge is -2.18. The molecule has 0 aromatic heterocycles. The van der Waals surface area contributed by atoms with E-state index >= 15 is 0 Å². The Bertz CT molecular complexity index is 75.3. The Balaban J connectivity index is 3.27. The largest absolute Gasteiger partial charge is 0.329 e. The van der Waals surface area contributed by atoms with Crippen molar-refractivity contribution in [2.24, 2.45) is 11.5 Å². The summed E-state index contributed by atoms with van der Waals surface area (Å²) in [6.07, 6.45) is 1.17. The highest BCUT2D eigenvalue weighted by molar-refractivity contribution is 4.65. The number of nitrogens with zero attached hydrogens (tertiary/aromatic N) is 1. The fourth-order valence-electron chi connectivity index (χ4n) is 0.948. The molecule has 0 spiro atoms. The van der Waals surface area contributed by atoms with Crippen molar-refractivity contribution in [1.82, 2.24) is 4.90 Å². The van der Waals surface area contributed by atoms with Crippen LogP contribution in [0.3, 0.4) is 0 Å². The molecule has 10 heavy (non-hydrogen) atoms. The Labute approximate surface area is 63.4 Å². The molecule has 0 rings (SSSR count). The highest BCUT2D eigenvalue weighted by Gasteiger charge is 2.02. The van der Waals surface area contributed by atoms with Gasteiger partial charge in [-0.25, -0.2) is 0 Å². The van der Waals surface area contributed by atoms with Gasteiger partial charge < -0.3 is 16.4 Å². The molecule has 1 atom stereocenters. The summed E-state index contributed by atoms with van der Waals surface area (Å²) < 4.78 is 0. The molecule has 3 heteroatoms. The van der Waals surface area contributed by atoms with E-state index in [4.69, 9.17) is 11.5 Å². The van der Waals surface area contributed by atoms with Crippen LogP contribution < -0.4 is 11.5 Å². The van der Waals surface area contributed by atoms with Crippen molar-refractivity contribution >= 4 is 0 Å². The zero-order chi connectivity index (χ0) is 7.98. The molecule has 62 valence electrons. The minimum Gasteiger partial charge on any atom is -0.329 e. The van der Waals surface area contributed by atoms with Crippen molar-refractivity contribution in [3.05, 3.63) is 0 Å². The van der Waals surface area contributed by atoms with Crippen LogP contribution in [-0.4, -0.2) is 37.6 Å². The van der Waals surface area contributed by atoms with Gasteiger partial charge in [-0.2, -0.15) is 0 Å². The van der Waals surface area contributed by atoms with E-state index in [0.29, 0.717) is 6.54 Å². The summed E-state index contributed by atoms with van der Waals surface area (Å²) in [5, 5.41) is 0. The van der Waals surface area contributed by atoms with E-state index in [9.17, 15) is 0 Å². The van der Waals surface area contributed by atoms with Crippen LogP contribution in [0, 0.1) is 0 Å². The van der Waals surface area contributed by atoms with Gasteiger partial charge in [0.2, 0.25) is 0 Å². The van der Waals surface area contributed by atoms with Crippen molar-refractivity contribution in [3.63, 3.8) is 0 Å². The molecular formula is C7H19N3. The monoisotopic (exact) mass is 145 g/mol. The summed E-state index contributed by atoms with van der Waals surface area (Å²) in [6.45, 7) is 4.75. The van der Waals surface area contributed by atoms with Crippen LogP contribution in [0.5, 0.6) is 0 Å². The maximum atomic E-state index is 5.64. The van der Waals surface area contributed by atoms with E-state index in [1.807, 2.05) is 0 Å². The van der Waals surface area contributed by atoms with Gasteiger partial charge in [-0.1, -0.05) is 6.92 Å². The second-order valence-electron chi connectivity index (χ2n) is 2.76. The minimum atomic E-state index is 0.136. The number of hydrogen-bond acceptors (Lipinski definition) is 3. The maximum absolute atomic E-state index is 5.64. The van der Waals surface area contributed by atoms with Crippen LogP contribution >= 0.6 is 0 Å². The lowest BCUT2D eigenvalue weighted by atomic mass is 10.3. The first-order chi connectivity index (χ1) is 4.70. The van der Waals surface area contributed by atoms with E-state index in [-0.39, 0.29) is 6.04 Å². The molecular weight excluding hydrogens is 126 g/mol. The molecule has 0 radical (unpaired) electrons. The van der Waals surface area contributed by atoms with Gasteiger partial charge in [-0.15, -0.1) is 0 Å². The smallest absolute Gasteiger partial charge is 0.0292 e. The molecule has 0 heterocycles. The van der Waals surface area contributed by atoms with Gasteiger partial charge in [-0.05, 0) is 20.0 Å². The first kappa shape index (κ1) is 9.88. The molecule has 0 aliphatic rings. The summed E-state index contributed by atoms with van der Waals surface area (Å²) in [7, 11) is 2.07. The molecule has 0 aliphatic heterocycles. The molecule has 0 bridgehead atoms. The Morgan fingerprint density at radius 3 is 2.50 bits per heavy atom. The van der Waals surface area contributed by atoms with Crippen molar-refractivity contribution in [3.8, 4) is 0 Å². The molecule has 0 saturated carbocycles. The highest BCUT2D eigenvalue weighted by Crippen LogP contribution is 1.86. The summed E-state index contributed by atoms with van der Waals surface area (Å²) in [5.41, 5.74) is 11.0. The fraction of sp³-hybridized carbons (Fsp3) is 1.00. The Hall–Kier alpha value is -0.120. The molecule has 0 aromatic rings. The highest BCUT2D eigenvalue weighted by atomic mass is 15.1. The minimum absolute atomic E-state index is 0.136. The Kier molecular flexibility index (Phi) is 5.58. The lowest BCUT2D eigenvalue weighted by Crippen LogP contribution is -2.40. The quantitative estimate of drug-likeness (QED) is 0.554. The normalized spacial score (nSPS) is 14.1. The number of nitrogens with two attached hydrogens (primary N) is 2. The maximum Gasteiger partial charge on any atom is 0.0292 e. The van der Waals surface area contributed by atoms with Gasteiger partial charge in [0, 0.05) is 19.1 Å². The van der Waals surface area contributed by atoms with Crippen molar-refractivity contribution in [2.45, 2.75) is 19.4 Å². The van der Waals surface area contributed by atoms with Crippen LogP contribution in [0.25, 0.3) is 0 Å². The molecule has 0 fully saturated rings. The van der Waals surface area contributed by atoms with E-state index in [1.54, 1.807) is 0 Å². The number of rotatable bonds is 5. The molecule has 0 saturated heterocycles. The third-order valence-electron chi connectivity index (χ3n) is 1.45. The summed E-state index contributed by atoms with van der Waals surface area (Å²) in [4.78, 5) is 2.21. The van der Waals surface area contributed by atoms with E-state index < -0.39 is 0 Å². The third-order valence-corrected chi connectivity index (χ3v) is 1.45. The predicted octanol–water partition coefficient (Wildman–Crippen LogP) is -0.386. The van der Waals surface area contributed by atoms with Gasteiger partial charge in [0.1, 0.15) is 0 Å². The number of likely N-dealkylation sites (N-methyl/N-ethyl adjacent to an activating group) is 1. The summed E-state index contributed by atoms with van der Waals surface area (Å²) >= 11 is 0. The molecule has 1 unspecified atom stereocenters. The molecule has 0 aliphatic carbocycles. The first-order valence-corrected chi connectivity index (χ1v) is 3.84. The SMILES string of the molecule is CCCN(C)CC(N)CN. The zero-order valence-corrected chi connectivity index (χ0v) is 7.01. The predicted molar refractivity (Wildman–Crippen MR) is 44.8 cm³/mol. The fourth-order valence-corrected chi connectivity index (χ4v) is 0.948. The second-order valence-corrected chi connectivity index (χ2v) is 2.76. The van der Waals surface area contributed by atoms with Crippen LogP contribution in [0.4, 0.5) is 0 Å². The van der Waals surface area contributed by atoms with Crippen LogP contribution in [-0.2, 0) is 0 Å². The van der Waals surface area contributed by atoms with E-state index in [2.05, 4.69) is 18.9 Å². The molecule has 0 amide bonds. The lowest BCUT2D eigenvalue weighted by molar-refractivity contribution is 0.313. The average Bonchev–Trinajstić information content (AvgIpc) is 1.88. The van der Waals surface area contributed by atoms with Crippen LogP contribution in [0.2, 0.25) is 0 Å². The Morgan fingerprint density at radius 1 is 1.50 bits per heavy atom. The Morgan fingerprint density at radius 2 is 2.10 bits per heavy atom. The van der Waals surface area contributed by atoms with E-state index in [0.717, 1.165) is 13.1 Å². The zero-order valence-electron chi connectivity index (χ0n) is 7.01. The second kappa shape index (κ2) is 5.65. The first-order valence-electron chi connectivity index (χ1n) is 3.84. The van der Waals surface area contributed by atoms with Crippen molar-refractivity contribution in [1.29, 1.82) is 0 Å². The van der Waals surface area contributed by atoms with Crippen LogP contribution in [0.15, 0.2) is 0 Å². The topological polar surface area (TPSA) is 55.3 Å². The summed E-state index contributed by atoms with van der Waals surface area (Å²) in [5.74, 6) is 0. The van der Waals surface area contributed by atoms with Gasteiger partial charge in [-0.3, -0.25) is 0 Å². The van der Waals surface area contributed by atoms with Crippen LogP contribution in [0.1, 0.15) is 13.3 Å². The average molecular weight is 145 g/mol. The standard InChI is InChI=1S/C7H19N3/c1-3-4-10(2)6-7(9)5-8/h7H,3-6,8-9H2,1-2H3. The third kappa shape index (κ3) is 4.73. The van der Waals surface area contributed by atoms with Crippen molar-refractivity contribution in [2.75, 3.05) is 26.7 Å². The van der Waals surface area contributed by atoms with Crippen molar-refractivity contribution < 1.29 is 0 Å². The number of hydrogen-bond donors (Lipinski definition) is 2. The molecule has 4 N–H and O–H groups in total. The van der Waals surface area contributed by atoms with Gasteiger partial charge in [0.05, 0.1) is 0 Å². The molecule has 0 aromatic carbocycles. The summed E-state index contributed by atoms with van der Waals surface area (Å²) in [6, 6.07) is 0.136. The van der Waals surface area contributed by atoms with Gasteiger partial charge >= 0.3 is 0 Å².